The molecule has 6 nitrogen and oxygen atoms in total. The number of aryl methyl sites for hydroxylation is 2. The van der Waals surface area contributed by atoms with Crippen molar-refractivity contribution in [2.45, 2.75) is 27.7 Å². The maximum atomic E-state index is 13.3. The highest BCUT2D eigenvalue weighted by Crippen LogP contribution is 2.42. The molecule has 0 saturated heterocycles. The highest BCUT2D eigenvalue weighted by Gasteiger charge is 2.25. The van der Waals surface area contributed by atoms with Gasteiger partial charge in [-0.25, -0.2) is 4.39 Å². The normalized spacial score (nSPS) is 10.8. The summed E-state index contributed by atoms with van der Waals surface area (Å²) in [4.78, 5) is 25.0. The number of carbonyl (C=O) groups excluding carboxylic acids is 2. The molecule has 5 aromatic rings. The van der Waals surface area contributed by atoms with Gasteiger partial charge in [-0.1, -0.05) is 48.0 Å². The van der Waals surface area contributed by atoms with E-state index in [1.165, 1.54) is 31.2 Å². The SMILES string of the molecule is CC(=O)Oc1c(-c2ccc(NC(=O)c3ccc(F)cc3)cc2)c(-c2cccc(C)c2)nn1-c1cccc(C)c1C. The Morgan fingerprint density at radius 3 is 2.23 bits per heavy atom. The first kappa shape index (κ1) is 26.6. The van der Waals surface area contributed by atoms with E-state index in [0.29, 0.717) is 28.4 Å². The maximum absolute atomic E-state index is 13.3. The van der Waals surface area contributed by atoms with Crippen molar-refractivity contribution in [3.05, 3.63) is 119 Å². The van der Waals surface area contributed by atoms with Gasteiger partial charge >= 0.3 is 5.97 Å². The van der Waals surface area contributed by atoms with E-state index in [1.807, 2.05) is 75.4 Å². The standard InChI is InChI=1S/C33H28FN3O3/c1-20-7-5-9-26(19-20)31-30(33(40-23(4)38)37(36-31)29-10-6-8-21(2)22(29)3)24-13-17-28(18-14-24)35-32(39)25-11-15-27(34)16-12-25/h5-19H,1-4H3,(H,35,39). The molecule has 4 aromatic carbocycles. The van der Waals surface area contributed by atoms with Crippen LogP contribution in [0.3, 0.4) is 0 Å². The molecule has 7 heteroatoms. The number of hydrogen-bond acceptors (Lipinski definition) is 4. The molecule has 0 saturated carbocycles. The Hall–Kier alpha value is -5.04. The third kappa shape index (κ3) is 5.40. The second-order valence-electron chi connectivity index (χ2n) is 9.66. The Kier molecular flexibility index (Phi) is 7.29. The van der Waals surface area contributed by atoms with Crippen LogP contribution < -0.4 is 10.1 Å². The van der Waals surface area contributed by atoms with Crippen LogP contribution in [0.15, 0.2) is 91.0 Å². The summed E-state index contributed by atoms with van der Waals surface area (Å²) >= 11 is 0. The van der Waals surface area contributed by atoms with Gasteiger partial charge in [-0.05, 0) is 86.0 Å². The molecule has 5 rings (SSSR count). The van der Waals surface area contributed by atoms with Crippen LogP contribution in [0, 0.1) is 26.6 Å². The molecule has 0 spiro atoms. The number of hydrogen-bond donors (Lipinski definition) is 1. The second-order valence-corrected chi connectivity index (χ2v) is 9.66. The fourth-order valence-corrected chi connectivity index (χ4v) is 4.54. The average Bonchev–Trinajstić information content (AvgIpc) is 3.29. The first-order chi connectivity index (χ1) is 19.2. The second kappa shape index (κ2) is 11.0. The Balaban J connectivity index is 1.63. The smallest absolute Gasteiger partial charge is 0.309 e. The topological polar surface area (TPSA) is 73.2 Å². The van der Waals surface area contributed by atoms with Crippen molar-refractivity contribution >= 4 is 17.6 Å². The van der Waals surface area contributed by atoms with E-state index in [9.17, 15) is 14.0 Å². The molecule has 0 aliphatic heterocycles. The van der Waals surface area contributed by atoms with Crippen LogP contribution in [0.25, 0.3) is 28.1 Å². The van der Waals surface area contributed by atoms with Crippen LogP contribution in [-0.4, -0.2) is 21.7 Å². The van der Waals surface area contributed by atoms with Crippen LogP contribution in [0.1, 0.15) is 34.0 Å². The molecule has 0 aliphatic carbocycles. The van der Waals surface area contributed by atoms with Gasteiger partial charge in [0, 0.05) is 23.7 Å². The van der Waals surface area contributed by atoms with Crippen LogP contribution >= 0.6 is 0 Å². The fraction of sp³-hybridized carbons (Fsp3) is 0.121. The summed E-state index contributed by atoms with van der Waals surface area (Å²) in [5, 5.41) is 7.81. The molecular weight excluding hydrogens is 505 g/mol. The fourth-order valence-electron chi connectivity index (χ4n) is 4.54. The van der Waals surface area contributed by atoms with Gasteiger partial charge in [0.2, 0.25) is 5.88 Å². The first-order valence-electron chi connectivity index (χ1n) is 12.8. The number of nitrogens with zero attached hydrogens (tertiary/aromatic N) is 2. The Morgan fingerprint density at radius 1 is 0.850 bits per heavy atom. The lowest BCUT2D eigenvalue weighted by Crippen LogP contribution is -2.11. The molecule has 1 N–H and O–H groups in total. The number of amides is 1. The minimum Gasteiger partial charge on any atom is -0.407 e. The summed E-state index contributed by atoms with van der Waals surface area (Å²) < 4.78 is 20.8. The van der Waals surface area contributed by atoms with Crippen LogP contribution in [0.2, 0.25) is 0 Å². The van der Waals surface area contributed by atoms with Crippen molar-refractivity contribution in [2.75, 3.05) is 5.32 Å². The van der Waals surface area contributed by atoms with Crippen LogP contribution in [0.4, 0.5) is 10.1 Å². The van der Waals surface area contributed by atoms with E-state index >= 15 is 0 Å². The molecule has 1 aromatic heterocycles. The number of benzene rings is 4. The van der Waals surface area contributed by atoms with Gasteiger partial charge < -0.3 is 10.1 Å². The number of nitrogens with one attached hydrogen (secondary N) is 1. The highest BCUT2D eigenvalue weighted by atomic mass is 19.1. The van der Waals surface area contributed by atoms with Crippen LogP contribution in [0.5, 0.6) is 5.88 Å². The average molecular weight is 534 g/mol. The molecule has 1 amide bonds. The molecule has 200 valence electrons. The predicted octanol–water partition coefficient (Wildman–Crippen LogP) is 7.45. The lowest BCUT2D eigenvalue weighted by Gasteiger charge is -2.13. The largest absolute Gasteiger partial charge is 0.407 e. The molecule has 0 atom stereocenters. The zero-order valence-corrected chi connectivity index (χ0v) is 22.7. The number of halogens is 1. The van der Waals surface area contributed by atoms with Gasteiger partial charge in [-0.2, -0.15) is 9.78 Å². The molecule has 0 aliphatic rings. The zero-order valence-electron chi connectivity index (χ0n) is 22.7. The number of esters is 1. The van der Waals surface area contributed by atoms with Gasteiger partial charge in [0.1, 0.15) is 11.5 Å². The van der Waals surface area contributed by atoms with Crippen molar-refractivity contribution in [1.82, 2.24) is 9.78 Å². The zero-order chi connectivity index (χ0) is 28.4. The van der Waals surface area contributed by atoms with E-state index in [0.717, 1.165) is 33.5 Å². The molecule has 40 heavy (non-hydrogen) atoms. The lowest BCUT2D eigenvalue weighted by atomic mass is 9.99. The maximum Gasteiger partial charge on any atom is 0.309 e. The summed E-state index contributed by atoms with van der Waals surface area (Å²) in [6, 6.07) is 26.5. The summed E-state index contributed by atoms with van der Waals surface area (Å²) in [6.45, 7) is 7.41. The van der Waals surface area contributed by atoms with Crippen LogP contribution in [-0.2, 0) is 4.79 Å². The van der Waals surface area contributed by atoms with E-state index in [-0.39, 0.29) is 5.91 Å². The van der Waals surface area contributed by atoms with Gasteiger partial charge in [0.15, 0.2) is 0 Å². The lowest BCUT2D eigenvalue weighted by molar-refractivity contribution is -0.132. The number of anilines is 1. The van der Waals surface area contributed by atoms with E-state index in [4.69, 9.17) is 9.84 Å². The summed E-state index contributed by atoms with van der Waals surface area (Å²) in [5.41, 5.74) is 7.82. The molecular formula is C33H28FN3O3. The number of carbonyl (C=O) groups is 2. The minimum atomic E-state index is -0.466. The predicted molar refractivity (Wildman–Crippen MR) is 154 cm³/mol. The van der Waals surface area contributed by atoms with Gasteiger partial charge in [-0.3, -0.25) is 9.59 Å². The van der Waals surface area contributed by atoms with Gasteiger partial charge in [-0.15, -0.1) is 0 Å². The van der Waals surface area contributed by atoms with Crippen molar-refractivity contribution < 1.29 is 18.7 Å². The molecule has 1 heterocycles. The molecule has 0 radical (unpaired) electrons. The summed E-state index contributed by atoms with van der Waals surface area (Å²) in [6.07, 6.45) is 0. The molecule has 0 fully saturated rings. The minimum absolute atomic E-state index is 0.306. The number of ether oxygens (including phenoxy) is 1. The number of rotatable bonds is 6. The Bertz CT molecular complexity index is 1720. The monoisotopic (exact) mass is 533 g/mol. The van der Waals surface area contributed by atoms with Gasteiger partial charge in [0.05, 0.1) is 11.3 Å². The van der Waals surface area contributed by atoms with E-state index in [1.54, 1.807) is 16.8 Å². The quantitative estimate of drug-likeness (QED) is 0.230. The third-order valence-corrected chi connectivity index (χ3v) is 6.72. The summed E-state index contributed by atoms with van der Waals surface area (Å²) in [5.74, 6) is -0.917. The first-order valence-corrected chi connectivity index (χ1v) is 12.8. The van der Waals surface area contributed by atoms with Gasteiger partial charge in [0.25, 0.3) is 5.91 Å². The summed E-state index contributed by atoms with van der Waals surface area (Å²) in [7, 11) is 0. The molecule has 0 bridgehead atoms. The highest BCUT2D eigenvalue weighted by molar-refractivity contribution is 6.04. The van der Waals surface area contributed by atoms with Crippen molar-refractivity contribution in [2.24, 2.45) is 0 Å². The molecule has 0 unspecified atom stereocenters. The van der Waals surface area contributed by atoms with E-state index < -0.39 is 11.8 Å². The Morgan fingerprint density at radius 2 is 1.55 bits per heavy atom. The third-order valence-electron chi connectivity index (χ3n) is 6.72. The van der Waals surface area contributed by atoms with Crippen molar-refractivity contribution in [3.63, 3.8) is 0 Å². The van der Waals surface area contributed by atoms with Crippen molar-refractivity contribution in [3.8, 4) is 34.0 Å². The number of aromatic nitrogens is 2. The van der Waals surface area contributed by atoms with Crippen molar-refractivity contribution in [1.29, 1.82) is 0 Å². The Labute approximate surface area is 232 Å². The van der Waals surface area contributed by atoms with E-state index in [2.05, 4.69) is 5.32 Å².